The fraction of sp³-hybridized carbons (Fsp3) is 0.810. The zero-order chi connectivity index (χ0) is 20.4. The SMILES string of the molecule is C#C/C=C(\I)C(CCCCO[Si](C)(C)C(C)(C)C)O[Si](CC)(CC)CC. The Balaban J connectivity index is 4.74. The first-order chi connectivity index (χ1) is 12.0. The molecule has 152 valence electrons. The second-order valence-electron chi connectivity index (χ2n) is 8.65. The minimum absolute atomic E-state index is 0.158. The van der Waals surface area contributed by atoms with Crippen LogP contribution in [-0.2, 0) is 8.85 Å². The predicted octanol–water partition coefficient (Wildman–Crippen LogP) is 7.52. The van der Waals surface area contributed by atoms with Gasteiger partial charge in [-0.25, -0.2) is 0 Å². The molecule has 0 saturated carbocycles. The zero-order valence-corrected chi connectivity index (χ0v) is 22.5. The van der Waals surface area contributed by atoms with E-state index >= 15 is 0 Å². The summed E-state index contributed by atoms with van der Waals surface area (Å²) in [6.45, 7) is 19.2. The van der Waals surface area contributed by atoms with Crippen LogP contribution >= 0.6 is 22.6 Å². The van der Waals surface area contributed by atoms with Gasteiger partial charge in [0, 0.05) is 10.2 Å². The van der Waals surface area contributed by atoms with Gasteiger partial charge in [0.1, 0.15) is 0 Å². The van der Waals surface area contributed by atoms with Crippen molar-refractivity contribution in [3.8, 4) is 12.3 Å². The summed E-state index contributed by atoms with van der Waals surface area (Å²) in [6, 6.07) is 3.51. The summed E-state index contributed by atoms with van der Waals surface area (Å²) in [5, 5.41) is 0.276. The van der Waals surface area contributed by atoms with E-state index in [2.05, 4.69) is 83.1 Å². The third-order valence-electron chi connectivity index (χ3n) is 5.98. The van der Waals surface area contributed by atoms with Crippen LogP contribution in [-0.4, -0.2) is 29.3 Å². The van der Waals surface area contributed by atoms with E-state index in [-0.39, 0.29) is 11.1 Å². The number of hydrogen-bond donors (Lipinski definition) is 0. The second-order valence-corrected chi connectivity index (χ2v) is 19.4. The van der Waals surface area contributed by atoms with E-state index in [1.807, 2.05) is 6.08 Å². The number of halogens is 1. The summed E-state index contributed by atoms with van der Waals surface area (Å²) in [6.07, 6.45) is 10.8. The molecule has 0 radical (unpaired) electrons. The van der Waals surface area contributed by atoms with Crippen LogP contribution in [0, 0.1) is 12.3 Å². The van der Waals surface area contributed by atoms with Crippen molar-refractivity contribution in [2.24, 2.45) is 0 Å². The fourth-order valence-corrected chi connectivity index (χ4v) is 7.50. The van der Waals surface area contributed by atoms with Gasteiger partial charge >= 0.3 is 0 Å². The standard InChI is InChI=1S/C21H41IO2Si2/c1-10-16-19(22)20(24-26(11-2,12-3)13-4)17-14-15-18-23-25(8,9)21(5,6)7/h1,16,20H,11-15,17-18H2,2-9H3/b19-16-. The highest BCUT2D eigenvalue weighted by Crippen LogP contribution is 2.36. The highest BCUT2D eigenvalue weighted by Gasteiger charge is 2.37. The van der Waals surface area contributed by atoms with Crippen molar-refractivity contribution >= 4 is 39.2 Å². The first-order valence-electron chi connectivity index (χ1n) is 10.1. The molecule has 0 aliphatic heterocycles. The molecule has 2 nitrogen and oxygen atoms in total. The molecule has 0 rings (SSSR count). The Morgan fingerprint density at radius 2 is 1.65 bits per heavy atom. The molecular formula is C21H41IO2Si2. The summed E-state index contributed by atoms with van der Waals surface area (Å²) in [7, 11) is -3.27. The molecular weight excluding hydrogens is 467 g/mol. The summed E-state index contributed by atoms with van der Waals surface area (Å²) < 4.78 is 14.2. The van der Waals surface area contributed by atoms with Gasteiger partial charge in [0.05, 0.1) is 6.10 Å². The van der Waals surface area contributed by atoms with Crippen molar-refractivity contribution in [3.63, 3.8) is 0 Å². The Hall–Kier alpha value is 0.384. The highest BCUT2D eigenvalue weighted by atomic mass is 127. The normalized spacial score (nSPS) is 15.0. The molecule has 0 fully saturated rings. The Bertz CT molecular complexity index is 463. The van der Waals surface area contributed by atoms with Crippen LogP contribution in [0.2, 0.25) is 36.3 Å². The van der Waals surface area contributed by atoms with Crippen molar-refractivity contribution < 1.29 is 8.85 Å². The van der Waals surface area contributed by atoms with Gasteiger partial charge in [-0.05, 0) is 84.2 Å². The van der Waals surface area contributed by atoms with E-state index < -0.39 is 16.6 Å². The lowest BCUT2D eigenvalue weighted by Crippen LogP contribution is -2.41. The maximum Gasteiger partial charge on any atom is 0.192 e. The molecule has 0 aromatic heterocycles. The quantitative estimate of drug-likeness (QED) is 0.117. The number of terminal acetylenes is 1. The van der Waals surface area contributed by atoms with Crippen LogP contribution in [0.1, 0.15) is 60.8 Å². The average molecular weight is 509 g/mol. The van der Waals surface area contributed by atoms with Crippen molar-refractivity contribution in [1.29, 1.82) is 0 Å². The predicted molar refractivity (Wildman–Crippen MR) is 130 cm³/mol. The molecule has 0 aromatic carbocycles. The Labute approximate surface area is 179 Å². The molecule has 5 heteroatoms. The Morgan fingerprint density at radius 3 is 2.08 bits per heavy atom. The minimum Gasteiger partial charge on any atom is -0.417 e. The van der Waals surface area contributed by atoms with E-state index in [0.717, 1.165) is 25.9 Å². The van der Waals surface area contributed by atoms with E-state index in [9.17, 15) is 0 Å². The van der Waals surface area contributed by atoms with Crippen LogP contribution < -0.4 is 0 Å². The number of hydrogen-bond acceptors (Lipinski definition) is 2. The van der Waals surface area contributed by atoms with Crippen LogP contribution in [0.15, 0.2) is 9.66 Å². The molecule has 0 amide bonds. The summed E-state index contributed by atoms with van der Waals surface area (Å²) in [4.78, 5) is 0. The van der Waals surface area contributed by atoms with E-state index in [0.29, 0.717) is 0 Å². The van der Waals surface area contributed by atoms with Crippen molar-refractivity contribution in [2.45, 2.75) is 103 Å². The van der Waals surface area contributed by atoms with Crippen LogP contribution in [0.3, 0.4) is 0 Å². The molecule has 0 aliphatic rings. The average Bonchev–Trinajstić information content (AvgIpc) is 2.57. The first kappa shape index (κ1) is 26.4. The van der Waals surface area contributed by atoms with Crippen molar-refractivity contribution in [1.82, 2.24) is 0 Å². The second kappa shape index (κ2) is 12.1. The van der Waals surface area contributed by atoms with Gasteiger partial charge in [0.2, 0.25) is 0 Å². The number of allylic oxidation sites excluding steroid dienone is 1. The lowest BCUT2D eigenvalue weighted by molar-refractivity contribution is 0.208. The Kier molecular flexibility index (Phi) is 12.2. The third kappa shape index (κ3) is 8.60. The topological polar surface area (TPSA) is 18.5 Å². The van der Waals surface area contributed by atoms with E-state index in [1.165, 1.54) is 21.7 Å². The molecule has 0 bridgehead atoms. The van der Waals surface area contributed by atoms with Gasteiger partial charge in [-0.2, -0.15) is 0 Å². The lowest BCUT2D eigenvalue weighted by atomic mass is 10.1. The number of unbranched alkanes of at least 4 members (excludes halogenated alkanes) is 1. The molecule has 0 aromatic rings. The summed E-state index contributed by atoms with van der Waals surface area (Å²) in [5.74, 6) is 2.67. The lowest BCUT2D eigenvalue weighted by Gasteiger charge is -2.36. The van der Waals surface area contributed by atoms with Gasteiger partial charge in [-0.15, -0.1) is 6.42 Å². The maximum absolute atomic E-state index is 6.74. The summed E-state index contributed by atoms with van der Waals surface area (Å²) in [5.41, 5.74) is 0. The van der Waals surface area contributed by atoms with Gasteiger partial charge in [-0.3, -0.25) is 0 Å². The third-order valence-corrected chi connectivity index (χ3v) is 16.2. The van der Waals surface area contributed by atoms with Crippen LogP contribution in [0.4, 0.5) is 0 Å². The number of rotatable bonds is 12. The molecule has 0 spiro atoms. The highest BCUT2D eigenvalue weighted by molar-refractivity contribution is 14.1. The largest absolute Gasteiger partial charge is 0.417 e. The minimum atomic E-state index is -1.64. The van der Waals surface area contributed by atoms with Gasteiger partial charge in [0.25, 0.3) is 0 Å². The van der Waals surface area contributed by atoms with Gasteiger partial charge in [-0.1, -0.05) is 47.5 Å². The molecule has 1 unspecified atom stereocenters. The van der Waals surface area contributed by atoms with Crippen LogP contribution in [0.5, 0.6) is 0 Å². The fourth-order valence-electron chi connectivity index (χ4n) is 2.70. The monoisotopic (exact) mass is 508 g/mol. The molecule has 1 atom stereocenters. The van der Waals surface area contributed by atoms with Crippen LogP contribution in [0.25, 0.3) is 0 Å². The van der Waals surface area contributed by atoms with E-state index in [4.69, 9.17) is 15.3 Å². The molecule has 0 aliphatic carbocycles. The van der Waals surface area contributed by atoms with Gasteiger partial charge < -0.3 is 8.85 Å². The summed E-state index contributed by atoms with van der Waals surface area (Å²) >= 11 is 2.37. The molecule has 0 heterocycles. The smallest absolute Gasteiger partial charge is 0.192 e. The van der Waals surface area contributed by atoms with Crippen molar-refractivity contribution in [2.75, 3.05) is 6.61 Å². The van der Waals surface area contributed by atoms with Gasteiger partial charge in [0.15, 0.2) is 16.6 Å². The first-order valence-corrected chi connectivity index (χ1v) is 16.6. The van der Waals surface area contributed by atoms with Crippen molar-refractivity contribution in [3.05, 3.63) is 9.66 Å². The van der Waals surface area contributed by atoms with E-state index in [1.54, 1.807) is 0 Å². The molecule has 0 saturated heterocycles. The maximum atomic E-state index is 6.74. The molecule has 0 N–H and O–H groups in total. The zero-order valence-electron chi connectivity index (χ0n) is 18.4. The Morgan fingerprint density at radius 1 is 1.12 bits per heavy atom. The molecule has 26 heavy (non-hydrogen) atoms.